The van der Waals surface area contributed by atoms with E-state index in [0.29, 0.717) is 6.04 Å². The standard InChI is InChI=1S/C16H21ClN2/c1-3-13(2)18-11-16-8-5-9-19(16)12-14-6-4-7-15(17)10-14/h4-10,13,18H,3,11-12H2,1-2H3/t13-/m0/s1. The largest absolute Gasteiger partial charge is 0.346 e. The number of rotatable bonds is 6. The second-order valence-corrected chi connectivity index (χ2v) is 5.38. The van der Waals surface area contributed by atoms with Crippen LogP contribution >= 0.6 is 11.6 Å². The molecule has 0 spiro atoms. The molecule has 1 heterocycles. The Morgan fingerprint density at radius 3 is 2.84 bits per heavy atom. The van der Waals surface area contributed by atoms with Crippen LogP contribution in [0.2, 0.25) is 5.02 Å². The zero-order valence-corrected chi connectivity index (χ0v) is 12.3. The highest BCUT2D eigenvalue weighted by Gasteiger charge is 2.04. The van der Waals surface area contributed by atoms with E-state index in [1.54, 1.807) is 0 Å². The van der Waals surface area contributed by atoms with Gasteiger partial charge in [0.2, 0.25) is 0 Å². The first-order chi connectivity index (χ1) is 9.19. The molecule has 0 aliphatic heterocycles. The summed E-state index contributed by atoms with van der Waals surface area (Å²) in [5.74, 6) is 0. The van der Waals surface area contributed by atoms with Gasteiger partial charge in [-0.3, -0.25) is 0 Å². The molecule has 19 heavy (non-hydrogen) atoms. The molecule has 2 aromatic rings. The van der Waals surface area contributed by atoms with Gasteiger partial charge in [0.1, 0.15) is 0 Å². The minimum Gasteiger partial charge on any atom is -0.346 e. The fourth-order valence-corrected chi connectivity index (χ4v) is 2.23. The van der Waals surface area contributed by atoms with Gasteiger partial charge in [0.15, 0.2) is 0 Å². The Labute approximate surface area is 120 Å². The Balaban J connectivity index is 2.03. The lowest BCUT2D eigenvalue weighted by Gasteiger charge is -2.14. The normalized spacial score (nSPS) is 12.6. The van der Waals surface area contributed by atoms with Crippen molar-refractivity contribution in [2.45, 2.75) is 39.4 Å². The van der Waals surface area contributed by atoms with Gasteiger partial charge in [-0.1, -0.05) is 30.7 Å². The van der Waals surface area contributed by atoms with Crippen molar-refractivity contribution < 1.29 is 0 Å². The van der Waals surface area contributed by atoms with Gasteiger partial charge in [0.25, 0.3) is 0 Å². The number of nitrogens with one attached hydrogen (secondary N) is 1. The van der Waals surface area contributed by atoms with Crippen LogP contribution in [0.25, 0.3) is 0 Å². The maximum absolute atomic E-state index is 6.02. The van der Waals surface area contributed by atoms with E-state index in [2.05, 4.69) is 48.1 Å². The Kier molecular flexibility index (Phi) is 5.06. The third-order valence-electron chi connectivity index (χ3n) is 3.41. The van der Waals surface area contributed by atoms with E-state index in [1.807, 2.05) is 18.2 Å². The zero-order valence-electron chi connectivity index (χ0n) is 11.6. The molecular weight excluding hydrogens is 256 g/mol. The van der Waals surface area contributed by atoms with Crippen molar-refractivity contribution in [3.63, 3.8) is 0 Å². The maximum Gasteiger partial charge on any atom is 0.0473 e. The molecule has 0 aliphatic carbocycles. The average molecular weight is 277 g/mol. The summed E-state index contributed by atoms with van der Waals surface area (Å²) in [6.07, 6.45) is 3.27. The molecule has 0 unspecified atom stereocenters. The van der Waals surface area contributed by atoms with Crippen LogP contribution in [-0.4, -0.2) is 10.6 Å². The van der Waals surface area contributed by atoms with Crippen molar-refractivity contribution in [3.8, 4) is 0 Å². The number of nitrogens with zero attached hydrogens (tertiary/aromatic N) is 1. The molecule has 1 aromatic heterocycles. The van der Waals surface area contributed by atoms with Gasteiger partial charge in [0.05, 0.1) is 0 Å². The lowest BCUT2D eigenvalue weighted by Crippen LogP contribution is -2.25. The third-order valence-corrected chi connectivity index (χ3v) is 3.64. The maximum atomic E-state index is 6.02. The summed E-state index contributed by atoms with van der Waals surface area (Å²) < 4.78 is 2.26. The Morgan fingerprint density at radius 2 is 2.11 bits per heavy atom. The first kappa shape index (κ1) is 14.2. The van der Waals surface area contributed by atoms with Crippen molar-refractivity contribution in [1.82, 2.24) is 9.88 Å². The van der Waals surface area contributed by atoms with Crippen molar-refractivity contribution >= 4 is 11.6 Å². The van der Waals surface area contributed by atoms with Crippen LogP contribution in [0.15, 0.2) is 42.6 Å². The van der Waals surface area contributed by atoms with Gasteiger partial charge in [0, 0.05) is 36.0 Å². The van der Waals surface area contributed by atoms with E-state index in [9.17, 15) is 0 Å². The van der Waals surface area contributed by atoms with E-state index >= 15 is 0 Å². The van der Waals surface area contributed by atoms with Crippen LogP contribution in [0.1, 0.15) is 31.5 Å². The van der Waals surface area contributed by atoms with Gasteiger partial charge >= 0.3 is 0 Å². The molecule has 0 fully saturated rings. The van der Waals surface area contributed by atoms with Gasteiger partial charge < -0.3 is 9.88 Å². The van der Waals surface area contributed by atoms with Crippen LogP contribution in [0.4, 0.5) is 0 Å². The van der Waals surface area contributed by atoms with Crippen LogP contribution in [-0.2, 0) is 13.1 Å². The van der Waals surface area contributed by atoms with Crippen molar-refractivity contribution in [2.24, 2.45) is 0 Å². The predicted molar refractivity (Wildman–Crippen MR) is 81.6 cm³/mol. The van der Waals surface area contributed by atoms with Gasteiger partial charge in [-0.25, -0.2) is 0 Å². The average Bonchev–Trinajstić information content (AvgIpc) is 2.83. The summed E-state index contributed by atoms with van der Waals surface area (Å²) in [5, 5.41) is 4.32. The smallest absolute Gasteiger partial charge is 0.0473 e. The molecule has 0 saturated heterocycles. The monoisotopic (exact) mass is 276 g/mol. The van der Waals surface area contributed by atoms with E-state index in [4.69, 9.17) is 11.6 Å². The number of benzene rings is 1. The molecule has 1 aromatic carbocycles. The molecule has 0 aliphatic rings. The molecule has 2 rings (SSSR count). The minimum atomic E-state index is 0.550. The predicted octanol–water partition coefficient (Wildman–Crippen LogP) is 4.08. The first-order valence-corrected chi connectivity index (χ1v) is 7.18. The lowest BCUT2D eigenvalue weighted by molar-refractivity contribution is 0.519. The first-order valence-electron chi connectivity index (χ1n) is 6.81. The summed E-state index contributed by atoms with van der Waals surface area (Å²) in [4.78, 5) is 0. The van der Waals surface area contributed by atoms with Crippen molar-refractivity contribution in [3.05, 3.63) is 58.9 Å². The van der Waals surface area contributed by atoms with Crippen LogP contribution in [0.3, 0.4) is 0 Å². The van der Waals surface area contributed by atoms with E-state index in [-0.39, 0.29) is 0 Å². The van der Waals surface area contributed by atoms with Crippen LogP contribution < -0.4 is 5.32 Å². The topological polar surface area (TPSA) is 17.0 Å². The lowest BCUT2D eigenvalue weighted by atomic mass is 10.2. The van der Waals surface area contributed by atoms with E-state index < -0.39 is 0 Å². The second-order valence-electron chi connectivity index (χ2n) is 4.95. The zero-order chi connectivity index (χ0) is 13.7. The van der Waals surface area contributed by atoms with Crippen molar-refractivity contribution in [1.29, 1.82) is 0 Å². The molecular formula is C16H21ClN2. The number of halogens is 1. The molecule has 0 saturated carbocycles. The van der Waals surface area contributed by atoms with Gasteiger partial charge in [-0.15, -0.1) is 0 Å². The quantitative estimate of drug-likeness (QED) is 0.841. The molecule has 1 N–H and O–H groups in total. The molecule has 3 heteroatoms. The molecule has 0 bridgehead atoms. The Bertz CT molecular complexity index is 519. The van der Waals surface area contributed by atoms with Gasteiger partial charge in [-0.05, 0) is 43.2 Å². The van der Waals surface area contributed by atoms with Crippen molar-refractivity contribution in [2.75, 3.05) is 0 Å². The minimum absolute atomic E-state index is 0.550. The van der Waals surface area contributed by atoms with E-state index in [1.165, 1.54) is 11.3 Å². The Morgan fingerprint density at radius 1 is 1.26 bits per heavy atom. The molecule has 0 radical (unpaired) electrons. The summed E-state index contributed by atoms with van der Waals surface area (Å²) in [5.41, 5.74) is 2.54. The number of hydrogen-bond donors (Lipinski definition) is 1. The summed E-state index contributed by atoms with van der Waals surface area (Å²) in [6.45, 7) is 6.18. The SMILES string of the molecule is CC[C@H](C)NCc1cccn1Cc1cccc(Cl)c1. The summed E-state index contributed by atoms with van der Waals surface area (Å²) in [7, 11) is 0. The molecule has 1 atom stereocenters. The fourth-order valence-electron chi connectivity index (χ4n) is 2.02. The van der Waals surface area contributed by atoms with Crippen LogP contribution in [0.5, 0.6) is 0 Å². The molecule has 0 amide bonds. The highest BCUT2D eigenvalue weighted by molar-refractivity contribution is 6.30. The highest BCUT2D eigenvalue weighted by Crippen LogP contribution is 2.13. The van der Waals surface area contributed by atoms with E-state index in [0.717, 1.165) is 24.5 Å². The number of aromatic nitrogens is 1. The molecule has 102 valence electrons. The fraction of sp³-hybridized carbons (Fsp3) is 0.375. The van der Waals surface area contributed by atoms with Crippen LogP contribution in [0, 0.1) is 0 Å². The molecule has 2 nitrogen and oxygen atoms in total. The van der Waals surface area contributed by atoms with Gasteiger partial charge in [-0.2, -0.15) is 0 Å². The summed E-state index contributed by atoms with van der Waals surface area (Å²) in [6, 6.07) is 12.8. The highest BCUT2D eigenvalue weighted by atomic mass is 35.5. The third kappa shape index (κ3) is 4.12. The number of hydrogen-bond acceptors (Lipinski definition) is 1. The second kappa shape index (κ2) is 6.78. The summed E-state index contributed by atoms with van der Waals surface area (Å²) >= 11 is 6.02. The Hall–Kier alpha value is -1.25.